The minimum atomic E-state index is -0.730. The average molecular weight is 253 g/mol. The Hall–Kier alpha value is -1.26. The molecule has 0 aliphatic heterocycles. The molecule has 2 aliphatic rings. The first-order valence-electron chi connectivity index (χ1n) is 6.84. The number of rotatable bonds is 5. The SMILES string of the molecule is CCCN(C(=O)C1(C(N)=NO)CC(C)C1)C1CC1. The van der Waals surface area contributed by atoms with Gasteiger partial charge in [0.1, 0.15) is 5.41 Å². The van der Waals surface area contributed by atoms with Crippen LogP contribution in [0.15, 0.2) is 5.16 Å². The predicted molar refractivity (Wildman–Crippen MR) is 69.3 cm³/mol. The Labute approximate surface area is 108 Å². The van der Waals surface area contributed by atoms with Crippen LogP contribution in [-0.4, -0.2) is 34.4 Å². The van der Waals surface area contributed by atoms with Crippen LogP contribution < -0.4 is 5.73 Å². The zero-order chi connectivity index (χ0) is 13.3. The lowest BCUT2D eigenvalue weighted by Crippen LogP contribution is -2.58. The molecule has 0 atom stereocenters. The Balaban J connectivity index is 2.17. The van der Waals surface area contributed by atoms with Gasteiger partial charge in [-0.15, -0.1) is 0 Å². The van der Waals surface area contributed by atoms with Crippen molar-refractivity contribution < 1.29 is 10.0 Å². The molecule has 18 heavy (non-hydrogen) atoms. The van der Waals surface area contributed by atoms with Gasteiger partial charge in [0.2, 0.25) is 5.91 Å². The molecule has 0 bridgehead atoms. The lowest BCUT2D eigenvalue weighted by atomic mass is 9.61. The summed E-state index contributed by atoms with van der Waals surface area (Å²) in [5, 5.41) is 12.0. The van der Waals surface area contributed by atoms with Gasteiger partial charge < -0.3 is 15.8 Å². The highest BCUT2D eigenvalue weighted by molar-refractivity contribution is 6.07. The summed E-state index contributed by atoms with van der Waals surface area (Å²) in [5.41, 5.74) is 5.05. The zero-order valence-corrected chi connectivity index (χ0v) is 11.2. The van der Waals surface area contributed by atoms with Crippen molar-refractivity contribution in [2.45, 2.75) is 52.0 Å². The summed E-state index contributed by atoms with van der Waals surface area (Å²) in [4.78, 5) is 14.7. The van der Waals surface area contributed by atoms with E-state index in [1.54, 1.807) is 0 Å². The predicted octanol–water partition coefficient (Wildman–Crippen LogP) is 1.55. The molecule has 1 amide bonds. The Kier molecular flexibility index (Phi) is 3.50. The minimum Gasteiger partial charge on any atom is -0.409 e. The topological polar surface area (TPSA) is 78.9 Å². The summed E-state index contributed by atoms with van der Waals surface area (Å²) in [7, 11) is 0. The van der Waals surface area contributed by atoms with Gasteiger partial charge in [-0.25, -0.2) is 0 Å². The van der Waals surface area contributed by atoms with Crippen LogP contribution in [0.1, 0.15) is 46.0 Å². The van der Waals surface area contributed by atoms with E-state index >= 15 is 0 Å². The van der Waals surface area contributed by atoms with E-state index in [4.69, 9.17) is 10.9 Å². The number of nitrogens with two attached hydrogens (primary N) is 1. The molecule has 102 valence electrons. The molecular weight excluding hydrogens is 230 g/mol. The third-order valence-electron chi connectivity index (χ3n) is 4.11. The van der Waals surface area contributed by atoms with E-state index in [-0.39, 0.29) is 11.7 Å². The van der Waals surface area contributed by atoms with Crippen molar-refractivity contribution in [3.05, 3.63) is 0 Å². The lowest BCUT2D eigenvalue weighted by Gasteiger charge is -2.46. The lowest BCUT2D eigenvalue weighted by molar-refractivity contribution is -0.145. The van der Waals surface area contributed by atoms with E-state index < -0.39 is 5.41 Å². The van der Waals surface area contributed by atoms with Crippen LogP contribution in [0.5, 0.6) is 0 Å². The summed E-state index contributed by atoms with van der Waals surface area (Å²) in [6.45, 7) is 4.94. The molecule has 2 aliphatic carbocycles. The fourth-order valence-electron chi connectivity index (χ4n) is 3.07. The number of amidine groups is 1. The van der Waals surface area contributed by atoms with Gasteiger partial charge in [0, 0.05) is 12.6 Å². The second-order valence-electron chi connectivity index (χ2n) is 5.81. The zero-order valence-electron chi connectivity index (χ0n) is 11.2. The number of oxime groups is 1. The van der Waals surface area contributed by atoms with Gasteiger partial charge in [-0.3, -0.25) is 4.79 Å². The molecule has 2 rings (SSSR count). The number of hydrogen-bond acceptors (Lipinski definition) is 3. The molecule has 0 aromatic heterocycles. The van der Waals surface area contributed by atoms with Gasteiger partial charge in [-0.2, -0.15) is 0 Å². The Morgan fingerprint density at radius 3 is 2.50 bits per heavy atom. The Bertz CT molecular complexity index is 357. The molecule has 5 nitrogen and oxygen atoms in total. The van der Waals surface area contributed by atoms with E-state index in [2.05, 4.69) is 19.0 Å². The molecule has 0 unspecified atom stereocenters. The number of carbonyl (C=O) groups is 1. The van der Waals surface area contributed by atoms with Crippen molar-refractivity contribution in [2.24, 2.45) is 22.2 Å². The summed E-state index contributed by atoms with van der Waals surface area (Å²) in [5.74, 6) is 0.629. The largest absolute Gasteiger partial charge is 0.409 e. The van der Waals surface area contributed by atoms with Crippen LogP contribution in [-0.2, 0) is 4.79 Å². The fraction of sp³-hybridized carbons (Fsp3) is 0.846. The van der Waals surface area contributed by atoms with Crippen LogP contribution in [0.3, 0.4) is 0 Å². The highest BCUT2D eigenvalue weighted by atomic mass is 16.4. The van der Waals surface area contributed by atoms with Crippen LogP contribution in [0.25, 0.3) is 0 Å². The molecule has 3 N–H and O–H groups in total. The second kappa shape index (κ2) is 4.78. The van der Waals surface area contributed by atoms with E-state index in [1.165, 1.54) is 0 Å². The molecule has 0 aromatic carbocycles. The van der Waals surface area contributed by atoms with Gasteiger partial charge >= 0.3 is 0 Å². The van der Waals surface area contributed by atoms with Crippen molar-refractivity contribution in [1.82, 2.24) is 4.90 Å². The smallest absolute Gasteiger partial charge is 0.236 e. The average Bonchev–Trinajstić information content (AvgIpc) is 3.14. The van der Waals surface area contributed by atoms with Crippen molar-refractivity contribution in [2.75, 3.05) is 6.54 Å². The maximum absolute atomic E-state index is 12.7. The standard InChI is InChI=1S/C13H23N3O2/c1-3-6-16(10-4-5-10)12(17)13(11(14)15-18)7-9(2)8-13/h9-10,18H,3-8H2,1-2H3,(H2,14,15). The van der Waals surface area contributed by atoms with Crippen molar-refractivity contribution in [3.63, 3.8) is 0 Å². The second-order valence-corrected chi connectivity index (χ2v) is 5.81. The van der Waals surface area contributed by atoms with E-state index in [0.717, 1.165) is 25.8 Å². The molecule has 0 saturated heterocycles. The molecule has 0 heterocycles. The molecule has 0 spiro atoms. The van der Waals surface area contributed by atoms with Gasteiger partial charge in [-0.05, 0) is 38.0 Å². The summed E-state index contributed by atoms with van der Waals surface area (Å²) < 4.78 is 0. The third-order valence-corrected chi connectivity index (χ3v) is 4.11. The Morgan fingerprint density at radius 1 is 1.50 bits per heavy atom. The van der Waals surface area contributed by atoms with Gasteiger partial charge in [0.25, 0.3) is 0 Å². The van der Waals surface area contributed by atoms with Gasteiger partial charge in [0.15, 0.2) is 5.84 Å². The molecule has 0 radical (unpaired) electrons. The maximum Gasteiger partial charge on any atom is 0.236 e. The number of nitrogens with zero attached hydrogens (tertiary/aromatic N) is 2. The monoisotopic (exact) mass is 253 g/mol. The quantitative estimate of drug-likeness (QED) is 0.338. The van der Waals surface area contributed by atoms with Crippen LogP contribution >= 0.6 is 0 Å². The summed E-state index contributed by atoms with van der Waals surface area (Å²) in [6, 6.07) is 0.386. The van der Waals surface area contributed by atoms with Crippen LogP contribution in [0, 0.1) is 11.3 Å². The molecule has 5 heteroatoms. The molecular formula is C13H23N3O2. The first-order valence-corrected chi connectivity index (χ1v) is 6.84. The van der Waals surface area contributed by atoms with Gasteiger partial charge in [0.05, 0.1) is 0 Å². The minimum absolute atomic E-state index is 0.0697. The number of hydrogen-bond donors (Lipinski definition) is 2. The van der Waals surface area contributed by atoms with Crippen LogP contribution in [0.4, 0.5) is 0 Å². The highest BCUT2D eigenvalue weighted by Crippen LogP contribution is 2.48. The normalized spacial score (nSPS) is 31.9. The summed E-state index contributed by atoms with van der Waals surface area (Å²) in [6.07, 6.45) is 4.54. The van der Waals surface area contributed by atoms with E-state index in [9.17, 15) is 4.79 Å². The van der Waals surface area contributed by atoms with E-state index in [0.29, 0.717) is 24.8 Å². The molecule has 0 aromatic rings. The number of amides is 1. The summed E-state index contributed by atoms with van der Waals surface area (Å²) >= 11 is 0. The number of carbonyl (C=O) groups excluding carboxylic acids is 1. The van der Waals surface area contributed by atoms with Crippen molar-refractivity contribution in [1.29, 1.82) is 0 Å². The molecule has 2 saturated carbocycles. The molecule has 2 fully saturated rings. The van der Waals surface area contributed by atoms with E-state index in [1.807, 2.05) is 4.90 Å². The van der Waals surface area contributed by atoms with Crippen molar-refractivity contribution >= 4 is 11.7 Å². The first kappa shape index (κ1) is 13.2. The van der Waals surface area contributed by atoms with Gasteiger partial charge in [-0.1, -0.05) is 19.0 Å². The Morgan fingerprint density at radius 2 is 2.11 bits per heavy atom. The highest BCUT2D eigenvalue weighted by Gasteiger charge is 2.55. The maximum atomic E-state index is 12.7. The first-order chi connectivity index (χ1) is 8.55. The third kappa shape index (κ3) is 2.06. The van der Waals surface area contributed by atoms with Crippen LogP contribution in [0.2, 0.25) is 0 Å². The fourth-order valence-corrected chi connectivity index (χ4v) is 3.07. The van der Waals surface area contributed by atoms with Crippen molar-refractivity contribution in [3.8, 4) is 0 Å².